The molecule has 100 valence electrons. The number of hydrogen-bond acceptors (Lipinski definition) is 3. The van der Waals surface area contributed by atoms with Crippen LogP contribution in [0.15, 0.2) is 18.2 Å². The molecule has 0 aliphatic carbocycles. The lowest BCUT2D eigenvalue weighted by molar-refractivity contribution is 0.0689. The van der Waals surface area contributed by atoms with Gasteiger partial charge >= 0.3 is 5.97 Å². The van der Waals surface area contributed by atoms with Gasteiger partial charge in [0, 0.05) is 0 Å². The van der Waals surface area contributed by atoms with E-state index in [2.05, 4.69) is 10.3 Å². The molecule has 0 atom stereocenters. The second-order valence-electron chi connectivity index (χ2n) is 4.26. The van der Waals surface area contributed by atoms with Gasteiger partial charge in [-0.25, -0.2) is 13.9 Å². The first-order chi connectivity index (χ1) is 9.06. The first kappa shape index (κ1) is 13.2. The van der Waals surface area contributed by atoms with Crippen LogP contribution in [0.25, 0.3) is 5.69 Å². The normalized spacial score (nSPS) is 10.7. The highest BCUT2D eigenvalue weighted by Gasteiger charge is 2.20. The summed E-state index contributed by atoms with van der Waals surface area (Å²) in [6, 6.07) is 4.90. The second kappa shape index (κ2) is 5.17. The van der Waals surface area contributed by atoms with Crippen LogP contribution >= 0.6 is 0 Å². The summed E-state index contributed by atoms with van der Waals surface area (Å²) < 4.78 is 15.4. The van der Waals surface area contributed by atoms with Crippen molar-refractivity contribution < 1.29 is 14.3 Å². The van der Waals surface area contributed by atoms with Crippen LogP contribution < -0.4 is 0 Å². The number of aryl methyl sites for hydroxylation is 1. The maximum absolute atomic E-state index is 14.1. The lowest BCUT2D eigenvalue weighted by Gasteiger charge is -2.08. The number of nitrogens with zero attached hydrogens (tertiary/aromatic N) is 3. The first-order valence-corrected chi connectivity index (χ1v) is 5.99. The first-order valence-electron chi connectivity index (χ1n) is 5.99. The molecule has 0 saturated carbocycles. The van der Waals surface area contributed by atoms with Gasteiger partial charge in [0.2, 0.25) is 0 Å². The van der Waals surface area contributed by atoms with Crippen molar-refractivity contribution in [3.63, 3.8) is 0 Å². The average Bonchev–Trinajstić information content (AvgIpc) is 2.77. The van der Waals surface area contributed by atoms with Crippen molar-refractivity contribution in [2.24, 2.45) is 0 Å². The summed E-state index contributed by atoms with van der Waals surface area (Å²) in [4.78, 5) is 11.1. The number of aromatic nitrogens is 3. The van der Waals surface area contributed by atoms with Crippen LogP contribution in [0, 0.1) is 12.7 Å². The Morgan fingerprint density at radius 1 is 1.47 bits per heavy atom. The van der Waals surface area contributed by atoms with Crippen molar-refractivity contribution in [1.82, 2.24) is 15.0 Å². The van der Waals surface area contributed by atoms with Crippen molar-refractivity contribution in [1.29, 1.82) is 0 Å². The molecule has 2 aromatic rings. The molecule has 2 rings (SSSR count). The van der Waals surface area contributed by atoms with Crippen LogP contribution in [0.4, 0.5) is 4.39 Å². The van der Waals surface area contributed by atoms with Gasteiger partial charge in [-0.15, -0.1) is 5.10 Å². The molecule has 1 aromatic carbocycles. The molecule has 1 aromatic heterocycles. The molecule has 1 N–H and O–H groups in total. The zero-order valence-corrected chi connectivity index (χ0v) is 10.7. The Balaban J connectivity index is 2.62. The monoisotopic (exact) mass is 263 g/mol. The van der Waals surface area contributed by atoms with E-state index in [0.717, 1.165) is 6.42 Å². The highest BCUT2D eigenvalue weighted by atomic mass is 19.1. The third-order valence-corrected chi connectivity index (χ3v) is 2.85. The van der Waals surface area contributed by atoms with E-state index in [0.29, 0.717) is 17.7 Å². The van der Waals surface area contributed by atoms with E-state index >= 15 is 0 Å². The number of benzene rings is 1. The predicted molar refractivity (Wildman–Crippen MR) is 67.0 cm³/mol. The molecule has 0 saturated heterocycles. The Bertz CT molecular complexity index is 622. The molecule has 0 bridgehead atoms. The summed E-state index contributed by atoms with van der Waals surface area (Å²) in [6.07, 6.45) is 1.20. The van der Waals surface area contributed by atoms with Gasteiger partial charge < -0.3 is 5.11 Å². The van der Waals surface area contributed by atoms with Gasteiger partial charge in [-0.3, -0.25) is 0 Å². The van der Waals surface area contributed by atoms with Gasteiger partial charge in [-0.1, -0.05) is 30.7 Å². The molecule has 0 unspecified atom stereocenters. The lowest BCUT2D eigenvalue weighted by atomic mass is 10.1. The van der Waals surface area contributed by atoms with Crippen LogP contribution in [0.3, 0.4) is 0 Å². The molecule has 0 aliphatic rings. The summed E-state index contributed by atoms with van der Waals surface area (Å²) in [5.74, 6) is -1.57. The van der Waals surface area contributed by atoms with Gasteiger partial charge in [0.25, 0.3) is 0 Å². The molecular formula is C13H14FN3O2. The topological polar surface area (TPSA) is 68.0 Å². The minimum absolute atomic E-state index is 0.122. The zero-order valence-electron chi connectivity index (χ0n) is 10.7. The van der Waals surface area contributed by atoms with Gasteiger partial charge in [0.15, 0.2) is 11.5 Å². The second-order valence-corrected chi connectivity index (χ2v) is 4.26. The predicted octanol–water partition coefficient (Wildman–Crippen LogP) is 2.37. The van der Waals surface area contributed by atoms with Crippen molar-refractivity contribution in [2.75, 3.05) is 0 Å². The van der Waals surface area contributed by atoms with E-state index in [9.17, 15) is 9.18 Å². The van der Waals surface area contributed by atoms with Gasteiger partial charge in [0.05, 0.1) is 5.69 Å². The molecule has 6 heteroatoms. The Labute approximate surface area is 109 Å². The Kier molecular flexibility index (Phi) is 3.59. The number of rotatable bonds is 4. The number of carboxylic acid groups (broad SMARTS) is 1. The van der Waals surface area contributed by atoms with Crippen LogP contribution in [0.1, 0.15) is 35.1 Å². The number of hydrogen-bond donors (Lipinski definition) is 1. The van der Waals surface area contributed by atoms with E-state index in [1.807, 2.05) is 6.92 Å². The van der Waals surface area contributed by atoms with E-state index in [4.69, 9.17) is 5.11 Å². The van der Waals surface area contributed by atoms with E-state index in [1.54, 1.807) is 25.1 Å². The average molecular weight is 263 g/mol. The summed E-state index contributed by atoms with van der Waals surface area (Å²) in [7, 11) is 0. The standard InChI is InChI=1S/C13H14FN3O2/c1-3-5-10-12(13(18)19)15-16-17(10)9-7-4-6-8(2)11(9)14/h4,6-7H,3,5H2,1-2H3,(H,18,19). The maximum atomic E-state index is 14.1. The molecule has 5 nitrogen and oxygen atoms in total. The van der Waals surface area contributed by atoms with Crippen molar-refractivity contribution in [3.8, 4) is 5.69 Å². The molecule has 0 fully saturated rings. The lowest BCUT2D eigenvalue weighted by Crippen LogP contribution is -2.08. The Morgan fingerprint density at radius 3 is 2.84 bits per heavy atom. The highest BCUT2D eigenvalue weighted by molar-refractivity contribution is 5.86. The molecule has 0 spiro atoms. The van der Waals surface area contributed by atoms with Crippen molar-refractivity contribution in [3.05, 3.63) is 41.0 Å². The minimum atomic E-state index is -1.15. The fourth-order valence-corrected chi connectivity index (χ4v) is 1.92. The van der Waals surface area contributed by atoms with E-state index in [1.165, 1.54) is 4.68 Å². The fraction of sp³-hybridized carbons (Fsp3) is 0.308. The van der Waals surface area contributed by atoms with E-state index < -0.39 is 11.8 Å². The quantitative estimate of drug-likeness (QED) is 0.919. The fourth-order valence-electron chi connectivity index (χ4n) is 1.92. The molecule has 19 heavy (non-hydrogen) atoms. The number of aromatic carboxylic acids is 1. The summed E-state index contributed by atoms with van der Waals surface area (Å²) in [5.41, 5.74) is 0.998. The molecule has 0 amide bonds. The van der Waals surface area contributed by atoms with E-state index in [-0.39, 0.29) is 11.4 Å². The number of halogens is 1. The van der Waals surface area contributed by atoms with Crippen molar-refractivity contribution >= 4 is 5.97 Å². The van der Waals surface area contributed by atoms with Gasteiger partial charge in [0.1, 0.15) is 5.69 Å². The third-order valence-electron chi connectivity index (χ3n) is 2.85. The largest absolute Gasteiger partial charge is 0.476 e. The van der Waals surface area contributed by atoms with Crippen molar-refractivity contribution in [2.45, 2.75) is 26.7 Å². The molecular weight excluding hydrogens is 249 g/mol. The zero-order chi connectivity index (χ0) is 14.0. The SMILES string of the molecule is CCCc1c(C(=O)O)nnn1-c1cccc(C)c1F. The van der Waals surface area contributed by atoms with Crippen LogP contribution in [-0.4, -0.2) is 26.1 Å². The summed E-state index contributed by atoms with van der Waals surface area (Å²) >= 11 is 0. The smallest absolute Gasteiger partial charge is 0.358 e. The molecule has 0 aliphatic heterocycles. The van der Waals surface area contributed by atoms with Crippen LogP contribution in [-0.2, 0) is 6.42 Å². The molecule has 0 radical (unpaired) electrons. The van der Waals surface area contributed by atoms with Crippen LogP contribution in [0.5, 0.6) is 0 Å². The number of carboxylic acids is 1. The summed E-state index contributed by atoms with van der Waals surface area (Å²) in [6.45, 7) is 3.56. The van der Waals surface area contributed by atoms with Crippen LogP contribution in [0.2, 0.25) is 0 Å². The van der Waals surface area contributed by atoms with Gasteiger partial charge in [-0.2, -0.15) is 0 Å². The molecule has 1 heterocycles. The Morgan fingerprint density at radius 2 is 2.21 bits per heavy atom. The number of carbonyl (C=O) groups is 1. The highest BCUT2D eigenvalue weighted by Crippen LogP contribution is 2.20. The Hall–Kier alpha value is -2.24. The summed E-state index contributed by atoms with van der Waals surface area (Å²) in [5, 5.41) is 16.5. The maximum Gasteiger partial charge on any atom is 0.358 e. The van der Waals surface area contributed by atoms with Gasteiger partial charge in [-0.05, 0) is 25.0 Å². The third kappa shape index (κ3) is 2.33. The minimum Gasteiger partial charge on any atom is -0.476 e.